The van der Waals surface area contributed by atoms with Crippen LogP contribution in [0.3, 0.4) is 0 Å². The van der Waals surface area contributed by atoms with Crippen molar-refractivity contribution in [2.45, 2.75) is 25.3 Å². The number of hydrogen-bond donors (Lipinski definition) is 1. The molecule has 0 bridgehead atoms. The second-order valence-corrected chi connectivity index (χ2v) is 8.92. The lowest BCUT2D eigenvalue weighted by Gasteiger charge is -2.33. The molecule has 2 aromatic heterocycles. The maximum absolute atomic E-state index is 13.4. The Bertz CT molecular complexity index is 1350. The first-order valence-corrected chi connectivity index (χ1v) is 11.8. The molecule has 4 aromatic rings. The van der Waals surface area contributed by atoms with E-state index in [1.165, 1.54) is 0 Å². The first kappa shape index (κ1) is 22.5. The van der Waals surface area contributed by atoms with E-state index >= 15 is 0 Å². The lowest BCUT2D eigenvalue weighted by atomic mass is 9.93. The third-order valence-corrected chi connectivity index (χ3v) is 6.44. The highest BCUT2D eigenvalue weighted by Gasteiger charge is 2.26. The minimum atomic E-state index is -0.460. The van der Waals surface area contributed by atoms with Crippen molar-refractivity contribution in [3.63, 3.8) is 0 Å². The number of likely N-dealkylation sites (tertiary alicyclic amines) is 1. The largest absolute Gasteiger partial charge is 0.366 e. The van der Waals surface area contributed by atoms with Crippen molar-refractivity contribution in [1.82, 2.24) is 19.4 Å². The second-order valence-electron chi connectivity index (χ2n) is 8.92. The van der Waals surface area contributed by atoms with Gasteiger partial charge in [0.1, 0.15) is 0 Å². The number of nitrogens with zero attached hydrogens (tertiary/aromatic N) is 4. The van der Waals surface area contributed by atoms with Gasteiger partial charge in [-0.25, -0.2) is 4.98 Å². The number of aromatic nitrogens is 3. The van der Waals surface area contributed by atoms with Crippen molar-refractivity contribution < 1.29 is 9.59 Å². The minimum Gasteiger partial charge on any atom is -0.366 e. The first-order chi connectivity index (χ1) is 17.1. The van der Waals surface area contributed by atoms with Crippen molar-refractivity contribution in [3.8, 4) is 11.3 Å². The Kier molecular flexibility index (Phi) is 6.39. The monoisotopic (exact) mass is 465 g/mol. The Hall–Kier alpha value is -4.26. The Morgan fingerprint density at radius 2 is 1.83 bits per heavy atom. The molecule has 1 unspecified atom stereocenters. The topological polar surface area (TPSA) is 94.1 Å². The van der Waals surface area contributed by atoms with E-state index in [2.05, 4.69) is 4.98 Å². The van der Waals surface area contributed by atoms with Crippen LogP contribution in [0.2, 0.25) is 0 Å². The number of piperidine rings is 1. The summed E-state index contributed by atoms with van der Waals surface area (Å²) in [6.07, 6.45) is 7.33. The van der Waals surface area contributed by atoms with Crippen LogP contribution in [0.4, 0.5) is 0 Å². The number of amides is 2. The molecule has 1 aliphatic heterocycles. The van der Waals surface area contributed by atoms with Gasteiger partial charge in [0.2, 0.25) is 5.91 Å². The van der Waals surface area contributed by atoms with Gasteiger partial charge < -0.3 is 15.2 Å². The molecule has 5 rings (SSSR count). The average Bonchev–Trinajstić information content (AvgIpc) is 3.42. The minimum absolute atomic E-state index is 0.0486. The van der Waals surface area contributed by atoms with Gasteiger partial charge in [-0.3, -0.25) is 14.6 Å². The van der Waals surface area contributed by atoms with Gasteiger partial charge in [-0.1, -0.05) is 30.3 Å². The van der Waals surface area contributed by atoms with E-state index in [9.17, 15) is 9.59 Å². The van der Waals surface area contributed by atoms with Gasteiger partial charge in [0.15, 0.2) is 0 Å². The number of benzene rings is 2. The highest BCUT2D eigenvalue weighted by Crippen LogP contribution is 2.29. The van der Waals surface area contributed by atoms with E-state index in [0.29, 0.717) is 24.2 Å². The summed E-state index contributed by atoms with van der Waals surface area (Å²) in [6.45, 7) is 2.04. The van der Waals surface area contributed by atoms with Crippen molar-refractivity contribution >= 4 is 11.8 Å². The van der Waals surface area contributed by atoms with Gasteiger partial charge in [0, 0.05) is 60.3 Å². The molecule has 2 amide bonds. The summed E-state index contributed by atoms with van der Waals surface area (Å²) < 4.78 is 1.98. The summed E-state index contributed by atoms with van der Waals surface area (Å²) in [7, 11) is 0. The molecule has 1 atom stereocenters. The molecule has 0 saturated carbocycles. The number of primary amides is 1. The third-order valence-electron chi connectivity index (χ3n) is 6.44. The van der Waals surface area contributed by atoms with Crippen LogP contribution in [-0.2, 0) is 6.54 Å². The fraction of sp³-hybridized carbons (Fsp3) is 0.214. The van der Waals surface area contributed by atoms with Crippen LogP contribution in [0.1, 0.15) is 50.7 Å². The molecule has 176 valence electrons. The van der Waals surface area contributed by atoms with Crippen LogP contribution in [0.15, 0.2) is 85.5 Å². The van der Waals surface area contributed by atoms with Crippen molar-refractivity contribution in [2.75, 3.05) is 13.1 Å². The quantitative estimate of drug-likeness (QED) is 0.464. The van der Waals surface area contributed by atoms with Crippen molar-refractivity contribution in [1.29, 1.82) is 0 Å². The lowest BCUT2D eigenvalue weighted by molar-refractivity contribution is 0.0705. The highest BCUT2D eigenvalue weighted by atomic mass is 16.2. The van der Waals surface area contributed by atoms with Crippen molar-refractivity contribution in [2.24, 2.45) is 5.73 Å². The second kappa shape index (κ2) is 9.93. The van der Waals surface area contributed by atoms with Crippen LogP contribution < -0.4 is 5.73 Å². The van der Waals surface area contributed by atoms with Crippen LogP contribution in [0, 0.1) is 0 Å². The number of carbonyl (C=O) groups excluding carboxylic acids is 2. The molecule has 1 saturated heterocycles. The zero-order valence-electron chi connectivity index (χ0n) is 19.4. The summed E-state index contributed by atoms with van der Waals surface area (Å²) in [5.74, 6) is -0.257. The van der Waals surface area contributed by atoms with Crippen LogP contribution in [0.25, 0.3) is 11.3 Å². The van der Waals surface area contributed by atoms with E-state index < -0.39 is 5.91 Å². The molecule has 0 radical (unpaired) electrons. The molecule has 0 spiro atoms. The van der Waals surface area contributed by atoms with Crippen LogP contribution in [0.5, 0.6) is 0 Å². The molecule has 2 aromatic carbocycles. The Balaban J connectivity index is 1.32. The SMILES string of the molecule is NC(=O)c1cccc(-c2cccc(C3CCCN(C(=O)c4cccc(Cn5ccnc5)c4)C3)n2)c1. The van der Waals surface area contributed by atoms with Gasteiger partial charge in [-0.2, -0.15) is 0 Å². The Morgan fingerprint density at radius 1 is 1.00 bits per heavy atom. The van der Waals surface area contributed by atoms with E-state index in [1.54, 1.807) is 24.7 Å². The first-order valence-electron chi connectivity index (χ1n) is 11.8. The van der Waals surface area contributed by atoms with E-state index in [-0.39, 0.29) is 11.8 Å². The van der Waals surface area contributed by atoms with Gasteiger partial charge >= 0.3 is 0 Å². The number of carbonyl (C=O) groups is 2. The fourth-order valence-corrected chi connectivity index (χ4v) is 4.65. The molecule has 35 heavy (non-hydrogen) atoms. The number of imidazole rings is 1. The summed E-state index contributed by atoms with van der Waals surface area (Å²) in [4.78, 5) is 35.9. The summed E-state index contributed by atoms with van der Waals surface area (Å²) in [5.41, 5.74) is 10.3. The predicted molar refractivity (Wildman–Crippen MR) is 134 cm³/mol. The van der Waals surface area contributed by atoms with Gasteiger partial charge in [0.05, 0.1) is 12.0 Å². The normalized spacial score (nSPS) is 15.7. The van der Waals surface area contributed by atoms with Crippen molar-refractivity contribution in [3.05, 3.63) is 108 Å². The zero-order chi connectivity index (χ0) is 24.2. The molecular weight excluding hydrogens is 438 g/mol. The van der Waals surface area contributed by atoms with E-state index in [0.717, 1.165) is 41.9 Å². The summed E-state index contributed by atoms with van der Waals surface area (Å²) >= 11 is 0. The molecule has 7 heteroatoms. The standard InChI is InChI=1S/C28H27N5O2/c29-27(34)22-7-2-6-21(16-22)25-10-3-11-26(31-25)24-9-4-13-33(18-24)28(35)23-8-1-5-20(15-23)17-32-14-12-30-19-32/h1-3,5-8,10-12,14-16,19,24H,4,9,13,17-18H2,(H2,29,34). The van der Waals surface area contributed by atoms with Gasteiger partial charge in [0.25, 0.3) is 5.91 Å². The highest BCUT2D eigenvalue weighted by molar-refractivity contribution is 5.95. The lowest BCUT2D eigenvalue weighted by Crippen LogP contribution is -2.39. The molecule has 2 N–H and O–H groups in total. The number of nitrogens with two attached hydrogens (primary N) is 1. The maximum atomic E-state index is 13.4. The summed E-state index contributed by atoms with van der Waals surface area (Å²) in [6, 6.07) is 20.9. The van der Waals surface area contributed by atoms with E-state index in [4.69, 9.17) is 10.7 Å². The molecule has 3 heterocycles. The fourth-order valence-electron chi connectivity index (χ4n) is 4.65. The maximum Gasteiger partial charge on any atom is 0.253 e. The predicted octanol–water partition coefficient (Wildman–Crippen LogP) is 4.11. The smallest absolute Gasteiger partial charge is 0.253 e. The molecular formula is C28H27N5O2. The van der Waals surface area contributed by atoms with Gasteiger partial charge in [-0.05, 0) is 54.8 Å². The number of rotatable bonds is 6. The third kappa shape index (κ3) is 5.14. The zero-order valence-corrected chi connectivity index (χ0v) is 19.4. The molecule has 0 aliphatic carbocycles. The molecule has 7 nitrogen and oxygen atoms in total. The van der Waals surface area contributed by atoms with Gasteiger partial charge in [-0.15, -0.1) is 0 Å². The summed E-state index contributed by atoms with van der Waals surface area (Å²) in [5, 5.41) is 0. The molecule has 1 aliphatic rings. The average molecular weight is 466 g/mol. The Labute approximate surface area is 204 Å². The van der Waals surface area contributed by atoms with Crippen LogP contribution in [-0.4, -0.2) is 44.3 Å². The van der Waals surface area contributed by atoms with Crippen LogP contribution >= 0.6 is 0 Å². The number of hydrogen-bond acceptors (Lipinski definition) is 4. The van der Waals surface area contributed by atoms with E-state index in [1.807, 2.05) is 70.3 Å². The Morgan fingerprint density at radius 3 is 2.66 bits per heavy atom. The molecule has 1 fully saturated rings. The number of pyridine rings is 1.